The average Bonchev–Trinajstić information content (AvgIpc) is 2.17. The van der Waals surface area contributed by atoms with Crippen molar-refractivity contribution in [2.45, 2.75) is 12.6 Å². The number of aliphatic hydroxyl groups is 1. The fourth-order valence-corrected chi connectivity index (χ4v) is 1.02. The largest absolute Gasteiger partial charge is 0.497 e. The van der Waals surface area contributed by atoms with Gasteiger partial charge >= 0.3 is 5.72 Å². The summed E-state index contributed by atoms with van der Waals surface area (Å²) in [5, 5.41) is 20.1. The van der Waals surface area contributed by atoms with Crippen LogP contribution in [0, 0.1) is 10.1 Å². The second kappa shape index (κ2) is 3.63. The van der Waals surface area contributed by atoms with Crippen LogP contribution in [0.25, 0.3) is 0 Å². The van der Waals surface area contributed by atoms with Crippen LogP contribution in [-0.4, -0.2) is 17.1 Å². The topological polar surface area (TPSA) is 72.6 Å². The molecule has 0 aliphatic carbocycles. The van der Waals surface area contributed by atoms with Gasteiger partial charge in [0.2, 0.25) is 0 Å². The van der Waals surface area contributed by atoms with Gasteiger partial charge in [0.25, 0.3) is 0 Å². The van der Waals surface area contributed by atoms with E-state index in [9.17, 15) is 15.2 Å². The van der Waals surface area contributed by atoms with Gasteiger partial charge in [0.15, 0.2) is 0 Å². The summed E-state index contributed by atoms with van der Waals surface area (Å²) in [4.78, 5) is 9.79. The molecule has 5 heteroatoms. The van der Waals surface area contributed by atoms with E-state index in [0.29, 0.717) is 5.75 Å². The molecule has 0 heterocycles. The van der Waals surface area contributed by atoms with E-state index in [0.717, 1.165) is 6.92 Å². The summed E-state index contributed by atoms with van der Waals surface area (Å²) in [6, 6.07) is 6.15. The molecule has 0 saturated heterocycles. The minimum absolute atomic E-state index is 0.196. The molecule has 76 valence electrons. The van der Waals surface area contributed by atoms with Crippen LogP contribution in [0.1, 0.15) is 12.5 Å². The second-order valence-corrected chi connectivity index (χ2v) is 3.01. The molecule has 0 bridgehead atoms. The van der Waals surface area contributed by atoms with Gasteiger partial charge < -0.3 is 9.84 Å². The van der Waals surface area contributed by atoms with Crippen molar-refractivity contribution in [3.8, 4) is 5.75 Å². The van der Waals surface area contributed by atoms with Crippen molar-refractivity contribution in [2.75, 3.05) is 7.11 Å². The molecule has 5 nitrogen and oxygen atoms in total. The lowest BCUT2D eigenvalue weighted by atomic mass is 10.1. The van der Waals surface area contributed by atoms with Crippen LogP contribution >= 0.6 is 0 Å². The first-order valence-corrected chi connectivity index (χ1v) is 4.00. The molecule has 1 unspecified atom stereocenters. The monoisotopic (exact) mass is 197 g/mol. The van der Waals surface area contributed by atoms with Crippen molar-refractivity contribution in [3.63, 3.8) is 0 Å². The molecular formula is C9H11NO4. The number of nitro groups is 1. The average molecular weight is 197 g/mol. The maximum atomic E-state index is 10.5. The molecule has 0 saturated carbocycles. The summed E-state index contributed by atoms with van der Waals surface area (Å²) in [6.45, 7) is 1.13. The highest BCUT2D eigenvalue weighted by molar-refractivity contribution is 5.30. The van der Waals surface area contributed by atoms with Crippen LogP contribution in [0.3, 0.4) is 0 Å². The molecule has 0 radical (unpaired) electrons. The van der Waals surface area contributed by atoms with E-state index in [1.54, 1.807) is 12.1 Å². The van der Waals surface area contributed by atoms with Gasteiger partial charge in [0.1, 0.15) is 5.75 Å². The fraction of sp³-hybridized carbons (Fsp3) is 0.333. The molecule has 0 aliphatic heterocycles. The molecule has 0 aromatic heterocycles. The van der Waals surface area contributed by atoms with E-state index < -0.39 is 10.6 Å². The van der Waals surface area contributed by atoms with E-state index in [1.807, 2.05) is 0 Å². The Hall–Kier alpha value is -1.62. The summed E-state index contributed by atoms with van der Waals surface area (Å²) in [5.74, 6) is 0.477. The fourth-order valence-electron chi connectivity index (χ4n) is 1.02. The first-order valence-electron chi connectivity index (χ1n) is 4.00. The molecule has 0 fully saturated rings. The second-order valence-electron chi connectivity index (χ2n) is 3.01. The summed E-state index contributed by atoms with van der Waals surface area (Å²) < 4.78 is 4.90. The Bertz CT molecular complexity index is 348. The van der Waals surface area contributed by atoms with Gasteiger partial charge in [-0.25, -0.2) is 0 Å². The molecule has 1 atom stereocenters. The van der Waals surface area contributed by atoms with Gasteiger partial charge in [-0.3, -0.25) is 10.1 Å². The number of hydrogen-bond donors (Lipinski definition) is 1. The minimum atomic E-state index is -2.07. The van der Waals surface area contributed by atoms with Gasteiger partial charge in [-0.05, 0) is 18.2 Å². The van der Waals surface area contributed by atoms with Crippen LogP contribution in [0.5, 0.6) is 5.75 Å². The molecule has 14 heavy (non-hydrogen) atoms. The summed E-state index contributed by atoms with van der Waals surface area (Å²) in [6.07, 6.45) is 0. The van der Waals surface area contributed by atoms with Crippen molar-refractivity contribution >= 4 is 0 Å². The normalized spacial score (nSPS) is 14.5. The van der Waals surface area contributed by atoms with Crippen molar-refractivity contribution < 1.29 is 14.8 Å². The number of hydrogen-bond acceptors (Lipinski definition) is 4. The summed E-state index contributed by atoms with van der Waals surface area (Å²) >= 11 is 0. The highest BCUT2D eigenvalue weighted by Crippen LogP contribution is 2.24. The predicted octanol–water partition coefficient (Wildman–Crippen LogP) is 1.14. The molecule has 0 amide bonds. The zero-order chi connectivity index (χ0) is 10.8. The molecule has 1 aromatic rings. The van der Waals surface area contributed by atoms with E-state index >= 15 is 0 Å². The van der Waals surface area contributed by atoms with Crippen LogP contribution in [0.4, 0.5) is 0 Å². The zero-order valence-corrected chi connectivity index (χ0v) is 7.93. The maximum absolute atomic E-state index is 10.5. The number of rotatable bonds is 3. The standard InChI is InChI=1S/C9H11NO4/c1-9(11,10(12)13)7-4-3-5-8(6-7)14-2/h3-6,11H,1-2H3. The Morgan fingerprint density at radius 2 is 2.21 bits per heavy atom. The highest BCUT2D eigenvalue weighted by atomic mass is 16.7. The molecule has 0 spiro atoms. The SMILES string of the molecule is COc1cccc(C(C)(O)[N+](=O)[O-])c1. The molecule has 1 N–H and O–H groups in total. The predicted molar refractivity (Wildman–Crippen MR) is 49.6 cm³/mol. The third kappa shape index (κ3) is 1.82. The Balaban J connectivity index is 3.12. The van der Waals surface area contributed by atoms with Crippen LogP contribution in [0.2, 0.25) is 0 Å². The lowest BCUT2D eigenvalue weighted by Crippen LogP contribution is -2.31. The zero-order valence-electron chi connectivity index (χ0n) is 7.93. The molecular weight excluding hydrogens is 186 g/mol. The van der Waals surface area contributed by atoms with E-state index in [-0.39, 0.29) is 5.56 Å². The third-order valence-corrected chi connectivity index (χ3v) is 1.97. The smallest absolute Gasteiger partial charge is 0.346 e. The van der Waals surface area contributed by atoms with Crippen LogP contribution < -0.4 is 4.74 Å². The van der Waals surface area contributed by atoms with E-state index in [2.05, 4.69) is 0 Å². The van der Waals surface area contributed by atoms with E-state index in [1.165, 1.54) is 19.2 Å². The van der Waals surface area contributed by atoms with Crippen molar-refractivity contribution in [1.82, 2.24) is 0 Å². The summed E-state index contributed by atoms with van der Waals surface area (Å²) in [7, 11) is 1.46. The highest BCUT2D eigenvalue weighted by Gasteiger charge is 2.36. The van der Waals surface area contributed by atoms with Crippen molar-refractivity contribution in [1.29, 1.82) is 0 Å². The van der Waals surface area contributed by atoms with Crippen molar-refractivity contribution in [3.05, 3.63) is 39.9 Å². The number of ether oxygens (including phenoxy) is 1. The number of methoxy groups -OCH3 is 1. The van der Waals surface area contributed by atoms with Crippen LogP contribution in [0.15, 0.2) is 24.3 Å². The molecule has 1 rings (SSSR count). The Labute approximate surface area is 81.1 Å². The van der Waals surface area contributed by atoms with Crippen molar-refractivity contribution in [2.24, 2.45) is 0 Å². The minimum Gasteiger partial charge on any atom is -0.497 e. The van der Waals surface area contributed by atoms with Gasteiger partial charge in [-0.1, -0.05) is 6.07 Å². The molecule has 0 aliphatic rings. The van der Waals surface area contributed by atoms with Gasteiger partial charge in [0.05, 0.1) is 17.6 Å². The van der Waals surface area contributed by atoms with Gasteiger partial charge in [-0.2, -0.15) is 0 Å². The third-order valence-electron chi connectivity index (χ3n) is 1.97. The van der Waals surface area contributed by atoms with E-state index in [4.69, 9.17) is 4.74 Å². The van der Waals surface area contributed by atoms with Crippen LogP contribution in [-0.2, 0) is 5.72 Å². The Morgan fingerprint density at radius 3 is 2.71 bits per heavy atom. The number of nitrogens with zero attached hydrogens (tertiary/aromatic N) is 1. The van der Waals surface area contributed by atoms with Gasteiger partial charge in [-0.15, -0.1) is 0 Å². The Morgan fingerprint density at radius 1 is 1.57 bits per heavy atom. The molecule has 1 aromatic carbocycles. The summed E-state index contributed by atoms with van der Waals surface area (Å²) in [5.41, 5.74) is -1.88. The lowest BCUT2D eigenvalue weighted by Gasteiger charge is -2.14. The first kappa shape index (κ1) is 10.5. The van der Waals surface area contributed by atoms with Gasteiger partial charge in [0, 0.05) is 6.92 Å². The quantitative estimate of drug-likeness (QED) is 0.448. The maximum Gasteiger partial charge on any atom is 0.346 e. The number of benzene rings is 1. The lowest BCUT2D eigenvalue weighted by molar-refractivity contribution is -0.630. The Kier molecular flexibility index (Phi) is 2.71. The first-order chi connectivity index (χ1) is 6.48.